The van der Waals surface area contributed by atoms with Gasteiger partial charge in [0.15, 0.2) is 0 Å². The molecule has 114 valence electrons. The largest absolute Gasteiger partial charge is 0.307 e. The fraction of sp³-hybridized carbons (Fsp3) is 0.211. The summed E-state index contributed by atoms with van der Waals surface area (Å²) in [5.41, 5.74) is 4.86. The maximum absolute atomic E-state index is 12.9. The van der Waals surface area contributed by atoms with Crippen LogP contribution >= 0.6 is 0 Å². The van der Waals surface area contributed by atoms with Crippen molar-refractivity contribution in [3.8, 4) is 0 Å². The Morgan fingerprint density at radius 3 is 2.83 bits per heavy atom. The maximum Gasteiger partial charge on any atom is 0.257 e. The van der Waals surface area contributed by atoms with Crippen molar-refractivity contribution in [1.29, 1.82) is 0 Å². The smallest absolute Gasteiger partial charge is 0.257 e. The van der Waals surface area contributed by atoms with Crippen molar-refractivity contribution in [2.24, 2.45) is 0 Å². The molecule has 4 heteroatoms. The predicted molar refractivity (Wildman–Crippen MR) is 90.7 cm³/mol. The van der Waals surface area contributed by atoms with Gasteiger partial charge in [-0.05, 0) is 49.4 Å². The van der Waals surface area contributed by atoms with Gasteiger partial charge >= 0.3 is 0 Å². The molecule has 0 fully saturated rings. The summed E-state index contributed by atoms with van der Waals surface area (Å²) in [6.07, 6.45) is 4.67. The molecule has 0 radical (unpaired) electrons. The van der Waals surface area contributed by atoms with Crippen LogP contribution in [0.5, 0.6) is 0 Å². The average Bonchev–Trinajstić information content (AvgIpc) is 3.02. The number of carbonyl (C=O) groups excluding carboxylic acids is 1. The number of pyridine rings is 2. The highest BCUT2D eigenvalue weighted by molar-refractivity contribution is 6.13. The minimum atomic E-state index is -0.0990. The second-order valence-corrected chi connectivity index (χ2v) is 5.96. The molecule has 0 saturated heterocycles. The normalized spacial score (nSPS) is 13.1. The van der Waals surface area contributed by atoms with E-state index in [1.807, 2.05) is 43.3 Å². The summed E-state index contributed by atoms with van der Waals surface area (Å²) in [6, 6.07) is 11.6. The van der Waals surface area contributed by atoms with Crippen LogP contribution < -0.4 is 5.32 Å². The lowest BCUT2D eigenvalue weighted by Gasteiger charge is -2.12. The van der Waals surface area contributed by atoms with Gasteiger partial charge in [-0.2, -0.15) is 0 Å². The van der Waals surface area contributed by atoms with Crippen molar-refractivity contribution >= 4 is 22.6 Å². The van der Waals surface area contributed by atoms with Gasteiger partial charge in [-0.3, -0.25) is 9.78 Å². The number of aromatic nitrogens is 2. The van der Waals surface area contributed by atoms with Crippen LogP contribution in [0.4, 0.5) is 5.82 Å². The van der Waals surface area contributed by atoms with E-state index in [4.69, 9.17) is 4.98 Å². The fourth-order valence-electron chi connectivity index (χ4n) is 3.19. The fourth-order valence-corrected chi connectivity index (χ4v) is 3.19. The second-order valence-electron chi connectivity index (χ2n) is 5.96. The van der Waals surface area contributed by atoms with Crippen LogP contribution in [0.2, 0.25) is 0 Å². The highest BCUT2D eigenvalue weighted by Gasteiger charge is 2.23. The van der Waals surface area contributed by atoms with Crippen molar-refractivity contribution in [3.05, 3.63) is 65.0 Å². The van der Waals surface area contributed by atoms with Gasteiger partial charge in [0.25, 0.3) is 5.91 Å². The molecule has 0 spiro atoms. The summed E-state index contributed by atoms with van der Waals surface area (Å²) in [7, 11) is 0. The molecule has 1 amide bonds. The molecule has 0 aliphatic heterocycles. The van der Waals surface area contributed by atoms with E-state index >= 15 is 0 Å². The summed E-state index contributed by atoms with van der Waals surface area (Å²) in [6.45, 7) is 1.97. The van der Waals surface area contributed by atoms with Gasteiger partial charge in [0.2, 0.25) is 0 Å². The Morgan fingerprint density at radius 1 is 1.13 bits per heavy atom. The Morgan fingerprint density at radius 2 is 2.00 bits per heavy atom. The summed E-state index contributed by atoms with van der Waals surface area (Å²) in [5, 5.41) is 3.84. The Kier molecular flexibility index (Phi) is 3.30. The monoisotopic (exact) mass is 303 g/mol. The van der Waals surface area contributed by atoms with E-state index in [1.54, 1.807) is 6.20 Å². The van der Waals surface area contributed by atoms with Gasteiger partial charge in [0.1, 0.15) is 5.82 Å². The number of anilines is 1. The van der Waals surface area contributed by atoms with E-state index in [9.17, 15) is 4.79 Å². The first-order valence-electron chi connectivity index (χ1n) is 7.87. The molecule has 23 heavy (non-hydrogen) atoms. The summed E-state index contributed by atoms with van der Waals surface area (Å²) >= 11 is 0. The number of nitrogens with zero attached hydrogens (tertiary/aromatic N) is 2. The molecular formula is C19H17N3O. The minimum absolute atomic E-state index is 0.0990. The Labute approximate surface area is 134 Å². The molecule has 2 aromatic heterocycles. The Bertz CT molecular complexity index is 900. The van der Waals surface area contributed by atoms with E-state index in [2.05, 4.69) is 10.3 Å². The minimum Gasteiger partial charge on any atom is -0.307 e. The van der Waals surface area contributed by atoms with Crippen molar-refractivity contribution < 1.29 is 4.79 Å². The molecule has 2 heterocycles. The maximum atomic E-state index is 12.9. The quantitative estimate of drug-likeness (QED) is 0.785. The number of nitrogens with one attached hydrogen (secondary N) is 1. The zero-order chi connectivity index (χ0) is 15.8. The molecule has 4 nitrogen and oxygen atoms in total. The van der Waals surface area contributed by atoms with Crippen LogP contribution in [0.15, 0.2) is 42.6 Å². The number of fused-ring (bicyclic) bond motifs is 2. The van der Waals surface area contributed by atoms with Gasteiger partial charge < -0.3 is 5.32 Å². The van der Waals surface area contributed by atoms with Crippen LogP contribution in [0.25, 0.3) is 10.9 Å². The number of carbonyl (C=O) groups is 1. The molecule has 1 aliphatic rings. The molecule has 0 atom stereocenters. The first-order chi connectivity index (χ1) is 11.2. The third-order valence-electron chi connectivity index (χ3n) is 4.30. The van der Waals surface area contributed by atoms with Crippen LogP contribution in [0, 0.1) is 6.92 Å². The van der Waals surface area contributed by atoms with Gasteiger partial charge in [-0.15, -0.1) is 0 Å². The average molecular weight is 303 g/mol. The van der Waals surface area contributed by atoms with Crippen LogP contribution in [-0.2, 0) is 12.8 Å². The van der Waals surface area contributed by atoms with Crippen LogP contribution in [0.1, 0.15) is 33.6 Å². The lowest BCUT2D eigenvalue weighted by atomic mass is 10.0. The topological polar surface area (TPSA) is 54.9 Å². The van der Waals surface area contributed by atoms with Crippen molar-refractivity contribution in [2.45, 2.75) is 26.2 Å². The van der Waals surface area contributed by atoms with E-state index in [0.29, 0.717) is 5.82 Å². The van der Waals surface area contributed by atoms with Gasteiger partial charge in [0.05, 0.1) is 11.1 Å². The Hall–Kier alpha value is -2.75. The summed E-state index contributed by atoms with van der Waals surface area (Å²) in [5.74, 6) is 0.478. The van der Waals surface area contributed by atoms with E-state index in [1.165, 1.54) is 0 Å². The molecule has 0 unspecified atom stereocenters. The van der Waals surface area contributed by atoms with Gasteiger partial charge in [-0.1, -0.05) is 24.3 Å². The lowest BCUT2D eigenvalue weighted by Crippen LogP contribution is -2.16. The zero-order valence-corrected chi connectivity index (χ0v) is 13.0. The molecule has 1 aliphatic carbocycles. The van der Waals surface area contributed by atoms with Gasteiger partial charge in [0, 0.05) is 17.3 Å². The van der Waals surface area contributed by atoms with Crippen LogP contribution in [0.3, 0.4) is 0 Å². The number of para-hydroxylation sites is 1. The third-order valence-corrected chi connectivity index (χ3v) is 4.30. The first kappa shape index (κ1) is 13.9. The van der Waals surface area contributed by atoms with Crippen LogP contribution in [-0.4, -0.2) is 15.9 Å². The number of aryl methyl sites for hydroxylation is 2. The van der Waals surface area contributed by atoms with Crippen molar-refractivity contribution in [2.75, 3.05) is 5.32 Å². The van der Waals surface area contributed by atoms with E-state index in [-0.39, 0.29) is 5.91 Å². The molecule has 1 N–H and O–H groups in total. The number of hydrogen-bond donors (Lipinski definition) is 1. The number of hydrogen-bond acceptors (Lipinski definition) is 3. The highest BCUT2D eigenvalue weighted by atomic mass is 16.1. The molecule has 3 aromatic rings. The molecule has 0 bridgehead atoms. The molecule has 1 aromatic carbocycles. The van der Waals surface area contributed by atoms with E-state index < -0.39 is 0 Å². The summed E-state index contributed by atoms with van der Waals surface area (Å²) in [4.78, 5) is 21.9. The highest BCUT2D eigenvalue weighted by Crippen LogP contribution is 2.30. The SMILES string of the molecule is Cc1ccc(NC(=O)c2c3c(nc4ccccc24)CCC3)nc1. The number of amides is 1. The lowest BCUT2D eigenvalue weighted by molar-refractivity contribution is 0.102. The Balaban J connectivity index is 1.81. The van der Waals surface area contributed by atoms with Crippen molar-refractivity contribution in [3.63, 3.8) is 0 Å². The summed E-state index contributed by atoms with van der Waals surface area (Å²) < 4.78 is 0. The molecule has 0 saturated carbocycles. The molecule has 4 rings (SSSR count). The third kappa shape index (κ3) is 2.46. The zero-order valence-electron chi connectivity index (χ0n) is 13.0. The second kappa shape index (κ2) is 5.47. The first-order valence-corrected chi connectivity index (χ1v) is 7.87. The standard InChI is InChI=1S/C19H17N3O/c1-12-9-10-17(20-11-12)22-19(23)18-13-5-2-3-7-15(13)21-16-8-4-6-14(16)18/h2-3,5,7,9-11H,4,6,8H2,1H3,(H,20,22,23). The van der Waals surface area contributed by atoms with E-state index in [0.717, 1.165) is 52.5 Å². The molecular weight excluding hydrogens is 286 g/mol. The van der Waals surface area contributed by atoms with Crippen molar-refractivity contribution in [1.82, 2.24) is 9.97 Å². The van der Waals surface area contributed by atoms with Gasteiger partial charge in [-0.25, -0.2) is 4.98 Å². The number of rotatable bonds is 2. The number of benzene rings is 1. The predicted octanol–water partition coefficient (Wildman–Crippen LogP) is 3.68.